The van der Waals surface area contributed by atoms with E-state index >= 15 is 0 Å². The van der Waals surface area contributed by atoms with Crippen LogP contribution in [0.15, 0.2) is 72.4 Å². The molecule has 2 N–H and O–H groups in total. The summed E-state index contributed by atoms with van der Waals surface area (Å²) in [5.41, 5.74) is 4.08. The Balaban J connectivity index is 1.26. The van der Waals surface area contributed by atoms with Gasteiger partial charge < -0.3 is 20.3 Å². The van der Waals surface area contributed by atoms with Gasteiger partial charge in [0.05, 0.1) is 17.4 Å². The molecule has 40 heavy (non-hydrogen) atoms. The summed E-state index contributed by atoms with van der Waals surface area (Å²) in [5.74, 6) is 1.10. The monoisotopic (exact) mass is 555 g/mol. The first kappa shape index (κ1) is 25.9. The Morgan fingerprint density at radius 2 is 1.90 bits per heavy atom. The Hall–Kier alpha value is -4.31. The number of likely N-dealkylation sites (tertiary alicyclic amines) is 1. The smallest absolute Gasteiger partial charge is 0.327 e. The van der Waals surface area contributed by atoms with Gasteiger partial charge in [0.25, 0.3) is 0 Å². The van der Waals surface area contributed by atoms with Crippen molar-refractivity contribution < 1.29 is 19.1 Å². The van der Waals surface area contributed by atoms with Gasteiger partial charge >= 0.3 is 6.03 Å². The van der Waals surface area contributed by atoms with Crippen LogP contribution in [0, 0.1) is 13.8 Å². The van der Waals surface area contributed by atoms with Crippen LogP contribution in [0.25, 0.3) is 0 Å². The van der Waals surface area contributed by atoms with Crippen molar-refractivity contribution in [1.29, 1.82) is 0 Å². The minimum absolute atomic E-state index is 0.141. The second kappa shape index (κ2) is 10.3. The van der Waals surface area contributed by atoms with E-state index in [1.165, 1.54) is 17.8 Å². The van der Waals surface area contributed by atoms with Gasteiger partial charge in [-0.3, -0.25) is 14.5 Å². The Bertz CT molecular complexity index is 1500. The lowest BCUT2D eigenvalue weighted by Gasteiger charge is -2.35. The number of carbonyl (C=O) groups excluding carboxylic acids is 3. The van der Waals surface area contributed by atoms with Gasteiger partial charge in [-0.15, -0.1) is 0 Å². The Labute approximate surface area is 236 Å². The summed E-state index contributed by atoms with van der Waals surface area (Å²) in [6.45, 7) is 8.46. The number of ether oxygens (including phenoxy) is 1. The van der Waals surface area contributed by atoms with Crippen molar-refractivity contribution >= 4 is 41.0 Å². The van der Waals surface area contributed by atoms with Gasteiger partial charge in [0.15, 0.2) is 0 Å². The largest absolute Gasteiger partial charge is 0.457 e. The maximum atomic E-state index is 13.7. The van der Waals surface area contributed by atoms with Gasteiger partial charge in [-0.25, -0.2) is 9.78 Å². The first-order valence-electron chi connectivity index (χ1n) is 13.2. The van der Waals surface area contributed by atoms with Crippen LogP contribution in [0.5, 0.6) is 11.5 Å². The molecule has 0 aliphatic carbocycles. The minimum atomic E-state index is -0.567. The molecule has 3 aliphatic heterocycles. The zero-order valence-corrected chi connectivity index (χ0v) is 23.0. The quantitative estimate of drug-likeness (QED) is 0.425. The van der Waals surface area contributed by atoms with E-state index in [-0.39, 0.29) is 23.9 Å². The average molecular weight is 556 g/mol. The van der Waals surface area contributed by atoms with Crippen LogP contribution in [-0.2, 0) is 9.59 Å². The minimum Gasteiger partial charge on any atom is -0.457 e. The third kappa shape index (κ3) is 4.58. The number of benzene rings is 2. The van der Waals surface area contributed by atoms with Gasteiger partial charge in [0.2, 0.25) is 11.8 Å². The normalized spacial score (nSPS) is 21.1. The molecule has 204 valence electrons. The van der Waals surface area contributed by atoms with E-state index < -0.39 is 11.3 Å². The fraction of sp³-hybridized carbons (Fsp3) is 0.267. The van der Waals surface area contributed by atoms with Crippen molar-refractivity contribution in [1.82, 2.24) is 20.5 Å². The lowest BCUT2D eigenvalue weighted by atomic mass is 9.98. The summed E-state index contributed by atoms with van der Waals surface area (Å²) >= 11 is 1.36. The summed E-state index contributed by atoms with van der Waals surface area (Å²) in [5, 5.41) is 6.32. The molecule has 2 unspecified atom stereocenters. The Morgan fingerprint density at radius 3 is 2.62 bits per heavy atom. The molecule has 10 heteroatoms. The van der Waals surface area contributed by atoms with Crippen LogP contribution in [0.2, 0.25) is 0 Å². The first-order valence-corrected chi connectivity index (χ1v) is 14.0. The lowest BCUT2D eigenvalue weighted by Crippen LogP contribution is -2.50. The third-order valence-electron chi connectivity index (χ3n) is 7.45. The molecule has 1 saturated heterocycles. The summed E-state index contributed by atoms with van der Waals surface area (Å²) in [6.07, 6.45) is 3.64. The standard InChI is InChI=1S/C30H29N5O4S/c1-4-23(36)34-13-11-19(16-34)32-28(37)27-25-24-22(10-12-31-29(24)40-27)35(30(38)33-25)26-17(2)14-21(15-18(26)3)39-20-8-6-5-7-9-20/h4-10,12,14-15,19,25,27H,1,11,13,16H2,2-3H3,(H,32,37)(H,33,38)/t19?,25?,27-/m1/s1. The van der Waals surface area contributed by atoms with Crippen molar-refractivity contribution in [3.05, 3.63) is 84.1 Å². The Kier molecular flexibility index (Phi) is 6.71. The van der Waals surface area contributed by atoms with E-state index in [0.29, 0.717) is 30.9 Å². The SMILES string of the molecule is C=CC(=O)N1CCC(NC(=O)[C@@H]2Sc3nccc4c3C2NC(=O)N4c2c(C)cc(Oc3ccccc3)cc2C)C1. The highest BCUT2D eigenvalue weighted by Gasteiger charge is 2.47. The van der Waals surface area contributed by atoms with Crippen LogP contribution >= 0.6 is 11.8 Å². The highest BCUT2D eigenvalue weighted by Crippen LogP contribution is 2.51. The number of anilines is 2. The molecule has 3 atom stereocenters. The number of amides is 4. The summed E-state index contributed by atoms with van der Waals surface area (Å²) in [6, 6.07) is 14.3. The summed E-state index contributed by atoms with van der Waals surface area (Å²) < 4.78 is 6.04. The second-order valence-corrected chi connectivity index (χ2v) is 11.3. The number of aromatic nitrogens is 1. The van der Waals surface area contributed by atoms with Crippen LogP contribution in [0.1, 0.15) is 29.2 Å². The molecule has 6 rings (SSSR count). The molecule has 1 fully saturated rings. The zero-order valence-electron chi connectivity index (χ0n) is 22.2. The van der Waals surface area contributed by atoms with Crippen LogP contribution < -0.4 is 20.3 Å². The maximum absolute atomic E-state index is 13.7. The molecule has 2 aromatic carbocycles. The summed E-state index contributed by atoms with van der Waals surface area (Å²) in [7, 11) is 0. The van der Waals surface area contributed by atoms with Gasteiger partial charge in [-0.05, 0) is 67.8 Å². The fourth-order valence-electron chi connectivity index (χ4n) is 5.69. The molecule has 0 saturated carbocycles. The number of rotatable bonds is 6. The van der Waals surface area contributed by atoms with E-state index in [2.05, 4.69) is 22.2 Å². The van der Waals surface area contributed by atoms with Crippen LogP contribution in [0.3, 0.4) is 0 Å². The molecule has 3 aliphatic rings. The van der Waals surface area contributed by atoms with Gasteiger partial charge in [0, 0.05) is 30.9 Å². The molecule has 9 nitrogen and oxygen atoms in total. The zero-order chi connectivity index (χ0) is 28.0. The van der Waals surface area contributed by atoms with E-state index in [0.717, 1.165) is 33.2 Å². The molecule has 0 spiro atoms. The molecule has 0 radical (unpaired) electrons. The van der Waals surface area contributed by atoms with Crippen molar-refractivity contribution in [2.45, 2.75) is 42.6 Å². The van der Waals surface area contributed by atoms with E-state index in [1.807, 2.05) is 62.4 Å². The number of urea groups is 1. The molecular weight excluding hydrogens is 526 g/mol. The van der Waals surface area contributed by atoms with Crippen molar-refractivity contribution in [2.24, 2.45) is 0 Å². The molecule has 3 aromatic rings. The molecule has 4 heterocycles. The van der Waals surface area contributed by atoms with Crippen molar-refractivity contribution in [3.8, 4) is 11.5 Å². The molecule has 1 aromatic heterocycles. The summed E-state index contributed by atoms with van der Waals surface area (Å²) in [4.78, 5) is 46.9. The second-order valence-electron chi connectivity index (χ2n) is 10.2. The number of aryl methyl sites for hydroxylation is 2. The number of hydrogen-bond acceptors (Lipinski definition) is 6. The number of thioether (sulfide) groups is 1. The average Bonchev–Trinajstić information content (AvgIpc) is 3.55. The first-order chi connectivity index (χ1) is 19.3. The third-order valence-corrected chi connectivity index (χ3v) is 8.74. The van der Waals surface area contributed by atoms with Crippen LogP contribution in [-0.4, -0.2) is 52.1 Å². The number of nitrogens with one attached hydrogen (secondary N) is 2. The van der Waals surface area contributed by atoms with Gasteiger partial charge in [-0.1, -0.05) is 36.5 Å². The highest BCUT2D eigenvalue weighted by molar-refractivity contribution is 8.01. The lowest BCUT2D eigenvalue weighted by molar-refractivity contribution is -0.126. The predicted octanol–water partition coefficient (Wildman–Crippen LogP) is 4.77. The van der Waals surface area contributed by atoms with Crippen LogP contribution in [0.4, 0.5) is 16.2 Å². The topological polar surface area (TPSA) is 104 Å². The van der Waals surface area contributed by atoms with Gasteiger partial charge in [0.1, 0.15) is 21.8 Å². The highest BCUT2D eigenvalue weighted by atomic mass is 32.2. The molecule has 0 bridgehead atoms. The number of pyridine rings is 1. The number of carbonyl (C=O) groups is 3. The fourth-order valence-corrected chi connectivity index (χ4v) is 6.93. The maximum Gasteiger partial charge on any atom is 0.327 e. The number of para-hydroxylation sites is 1. The Morgan fingerprint density at radius 1 is 1.15 bits per heavy atom. The number of hydrogen-bond donors (Lipinski definition) is 2. The van der Waals surface area contributed by atoms with E-state index in [4.69, 9.17) is 4.74 Å². The van der Waals surface area contributed by atoms with E-state index in [1.54, 1.807) is 16.0 Å². The predicted molar refractivity (Wildman–Crippen MR) is 153 cm³/mol. The van der Waals surface area contributed by atoms with Gasteiger partial charge in [-0.2, -0.15) is 0 Å². The van der Waals surface area contributed by atoms with Crippen molar-refractivity contribution in [3.63, 3.8) is 0 Å². The van der Waals surface area contributed by atoms with E-state index in [9.17, 15) is 14.4 Å². The molecule has 4 amide bonds. The molecular formula is C30H29N5O4S. The van der Waals surface area contributed by atoms with Crippen molar-refractivity contribution in [2.75, 3.05) is 18.0 Å². The number of nitrogens with zero attached hydrogens (tertiary/aromatic N) is 3.